The first-order valence-electron chi connectivity index (χ1n) is 7.21. The number of thiocarbonyl (C=S) groups is 1. The van der Waals surface area contributed by atoms with Gasteiger partial charge in [0.2, 0.25) is 0 Å². The van der Waals surface area contributed by atoms with Crippen LogP contribution in [-0.2, 0) is 4.74 Å². The molecule has 0 radical (unpaired) electrons. The fourth-order valence-electron chi connectivity index (χ4n) is 2.83. The van der Waals surface area contributed by atoms with E-state index in [2.05, 4.69) is 22.3 Å². The van der Waals surface area contributed by atoms with Gasteiger partial charge in [0, 0.05) is 25.7 Å². The van der Waals surface area contributed by atoms with Gasteiger partial charge in [0.15, 0.2) is 5.11 Å². The predicted molar refractivity (Wildman–Crippen MR) is 77.4 cm³/mol. The van der Waals surface area contributed by atoms with Crippen molar-refractivity contribution in [3.05, 3.63) is 0 Å². The molecule has 18 heavy (non-hydrogen) atoms. The van der Waals surface area contributed by atoms with Gasteiger partial charge in [-0.2, -0.15) is 0 Å². The molecule has 2 aliphatic rings. The lowest BCUT2D eigenvalue weighted by Gasteiger charge is -2.38. The smallest absolute Gasteiger partial charge is 0.183 e. The van der Waals surface area contributed by atoms with Gasteiger partial charge in [0.25, 0.3) is 0 Å². The van der Waals surface area contributed by atoms with Crippen molar-refractivity contribution < 1.29 is 4.74 Å². The van der Waals surface area contributed by atoms with Crippen molar-refractivity contribution in [2.75, 3.05) is 32.8 Å². The molecule has 5 heteroatoms. The average molecular weight is 271 g/mol. The van der Waals surface area contributed by atoms with Crippen molar-refractivity contribution in [3.63, 3.8) is 0 Å². The first kappa shape index (κ1) is 14.0. The average Bonchev–Trinajstić information content (AvgIpc) is 2.42. The summed E-state index contributed by atoms with van der Waals surface area (Å²) in [6.45, 7) is 6.63. The van der Waals surface area contributed by atoms with Crippen LogP contribution in [0.4, 0.5) is 0 Å². The molecule has 0 aromatic heterocycles. The number of rotatable bonds is 3. The van der Waals surface area contributed by atoms with Crippen molar-refractivity contribution in [1.29, 1.82) is 0 Å². The Kier molecular flexibility index (Phi) is 5.66. The third kappa shape index (κ3) is 3.80. The molecule has 1 N–H and O–H groups in total. The second kappa shape index (κ2) is 7.26. The SMILES string of the molecule is CCN(C(=S)NN1CCOCC1)C1CCCCC1. The Morgan fingerprint density at radius 3 is 2.56 bits per heavy atom. The maximum Gasteiger partial charge on any atom is 0.183 e. The highest BCUT2D eigenvalue weighted by atomic mass is 32.1. The van der Waals surface area contributed by atoms with Gasteiger partial charge in [-0.15, -0.1) is 0 Å². The molecule has 1 aliphatic heterocycles. The lowest BCUT2D eigenvalue weighted by atomic mass is 9.94. The molecule has 1 saturated carbocycles. The van der Waals surface area contributed by atoms with Crippen molar-refractivity contribution in [2.24, 2.45) is 0 Å². The number of hydrogen-bond donors (Lipinski definition) is 1. The Morgan fingerprint density at radius 2 is 1.94 bits per heavy atom. The summed E-state index contributed by atoms with van der Waals surface area (Å²) in [7, 11) is 0. The summed E-state index contributed by atoms with van der Waals surface area (Å²) in [6.07, 6.45) is 6.66. The van der Waals surface area contributed by atoms with Crippen LogP contribution in [0.1, 0.15) is 39.0 Å². The fraction of sp³-hybridized carbons (Fsp3) is 0.923. The zero-order valence-electron chi connectivity index (χ0n) is 11.4. The van der Waals surface area contributed by atoms with Crippen LogP contribution in [0.5, 0.6) is 0 Å². The molecule has 1 aliphatic carbocycles. The summed E-state index contributed by atoms with van der Waals surface area (Å²) in [6, 6.07) is 0.643. The fourth-order valence-corrected chi connectivity index (χ4v) is 3.24. The van der Waals surface area contributed by atoms with E-state index in [0.717, 1.165) is 38.0 Å². The van der Waals surface area contributed by atoms with E-state index in [0.29, 0.717) is 6.04 Å². The van der Waals surface area contributed by atoms with Crippen LogP contribution >= 0.6 is 12.2 Å². The summed E-state index contributed by atoms with van der Waals surface area (Å²) in [4.78, 5) is 2.37. The predicted octanol–water partition coefficient (Wildman–Crippen LogP) is 1.76. The third-order valence-electron chi connectivity index (χ3n) is 3.88. The van der Waals surface area contributed by atoms with Crippen LogP contribution in [0.2, 0.25) is 0 Å². The molecular weight excluding hydrogens is 246 g/mol. The molecule has 0 atom stereocenters. The highest BCUT2D eigenvalue weighted by molar-refractivity contribution is 7.80. The van der Waals surface area contributed by atoms with E-state index < -0.39 is 0 Å². The second-order valence-corrected chi connectivity index (χ2v) is 5.48. The van der Waals surface area contributed by atoms with Crippen LogP contribution in [-0.4, -0.2) is 53.9 Å². The summed E-state index contributed by atoms with van der Waals surface area (Å²) in [5.74, 6) is 0. The van der Waals surface area contributed by atoms with Gasteiger partial charge < -0.3 is 9.64 Å². The zero-order valence-corrected chi connectivity index (χ0v) is 12.2. The highest BCUT2D eigenvalue weighted by Crippen LogP contribution is 2.22. The summed E-state index contributed by atoms with van der Waals surface area (Å²) >= 11 is 5.57. The molecule has 104 valence electrons. The number of hydrazine groups is 1. The Morgan fingerprint density at radius 1 is 1.28 bits per heavy atom. The van der Waals surface area contributed by atoms with Gasteiger partial charge in [-0.25, -0.2) is 5.01 Å². The van der Waals surface area contributed by atoms with Gasteiger partial charge in [0.05, 0.1) is 13.2 Å². The van der Waals surface area contributed by atoms with Gasteiger partial charge >= 0.3 is 0 Å². The van der Waals surface area contributed by atoms with Crippen molar-refractivity contribution in [2.45, 2.75) is 45.1 Å². The van der Waals surface area contributed by atoms with E-state index in [1.54, 1.807) is 0 Å². The molecular formula is C13H25N3OS. The Hall–Kier alpha value is -0.390. The maximum atomic E-state index is 5.57. The standard InChI is InChI=1S/C13H25N3OS/c1-2-16(12-6-4-3-5-7-12)13(18)14-15-8-10-17-11-9-15/h12H,2-11H2,1H3,(H,14,18). The van der Waals surface area contributed by atoms with E-state index in [-0.39, 0.29) is 0 Å². The molecule has 0 amide bonds. The molecule has 0 aromatic carbocycles. The number of hydrogen-bond acceptors (Lipinski definition) is 3. The minimum absolute atomic E-state index is 0.643. The summed E-state index contributed by atoms with van der Waals surface area (Å²) in [5, 5.41) is 3.07. The van der Waals surface area contributed by atoms with E-state index in [1.807, 2.05) is 0 Å². The first-order chi connectivity index (χ1) is 8.81. The molecule has 4 nitrogen and oxygen atoms in total. The Labute approximate surface area is 116 Å². The van der Waals surface area contributed by atoms with Gasteiger partial charge in [0.1, 0.15) is 0 Å². The second-order valence-electron chi connectivity index (χ2n) is 5.09. The summed E-state index contributed by atoms with van der Waals surface area (Å²) in [5.41, 5.74) is 3.38. The molecule has 1 saturated heterocycles. The maximum absolute atomic E-state index is 5.57. The first-order valence-corrected chi connectivity index (χ1v) is 7.62. The van der Waals surface area contributed by atoms with Crippen molar-refractivity contribution in [1.82, 2.24) is 15.3 Å². The van der Waals surface area contributed by atoms with Crippen LogP contribution in [0.25, 0.3) is 0 Å². The van der Waals surface area contributed by atoms with E-state index in [4.69, 9.17) is 17.0 Å². The number of morpholine rings is 1. The molecule has 0 spiro atoms. The van der Waals surface area contributed by atoms with E-state index >= 15 is 0 Å². The lowest BCUT2D eigenvalue weighted by Crippen LogP contribution is -2.55. The van der Waals surface area contributed by atoms with E-state index in [9.17, 15) is 0 Å². The Balaban J connectivity index is 1.83. The van der Waals surface area contributed by atoms with Crippen LogP contribution in [0.15, 0.2) is 0 Å². The zero-order chi connectivity index (χ0) is 12.8. The van der Waals surface area contributed by atoms with Gasteiger partial charge in [-0.05, 0) is 32.0 Å². The van der Waals surface area contributed by atoms with Gasteiger partial charge in [-0.1, -0.05) is 19.3 Å². The van der Waals surface area contributed by atoms with Gasteiger partial charge in [-0.3, -0.25) is 5.43 Å². The Bertz CT molecular complexity index is 263. The monoisotopic (exact) mass is 271 g/mol. The number of nitrogens with zero attached hydrogens (tertiary/aromatic N) is 2. The van der Waals surface area contributed by atoms with Crippen molar-refractivity contribution >= 4 is 17.3 Å². The quantitative estimate of drug-likeness (QED) is 0.790. The summed E-state index contributed by atoms with van der Waals surface area (Å²) < 4.78 is 5.35. The highest BCUT2D eigenvalue weighted by Gasteiger charge is 2.23. The minimum atomic E-state index is 0.643. The normalized spacial score (nSPS) is 22.7. The van der Waals surface area contributed by atoms with E-state index in [1.165, 1.54) is 32.1 Å². The molecule has 0 unspecified atom stereocenters. The lowest BCUT2D eigenvalue weighted by molar-refractivity contribution is 0.0224. The number of nitrogens with one attached hydrogen (secondary N) is 1. The largest absolute Gasteiger partial charge is 0.379 e. The molecule has 1 heterocycles. The molecule has 2 fully saturated rings. The van der Waals surface area contributed by atoms with Crippen LogP contribution < -0.4 is 5.43 Å². The topological polar surface area (TPSA) is 27.7 Å². The number of ether oxygens (including phenoxy) is 1. The molecule has 0 aromatic rings. The minimum Gasteiger partial charge on any atom is -0.379 e. The molecule has 0 bridgehead atoms. The molecule has 2 rings (SSSR count). The van der Waals surface area contributed by atoms with Crippen LogP contribution in [0, 0.1) is 0 Å². The third-order valence-corrected chi connectivity index (χ3v) is 4.21. The van der Waals surface area contributed by atoms with Crippen LogP contribution in [0.3, 0.4) is 0 Å². The van der Waals surface area contributed by atoms with Crippen molar-refractivity contribution in [3.8, 4) is 0 Å².